The van der Waals surface area contributed by atoms with Crippen molar-refractivity contribution >= 4 is 17.4 Å². The lowest BCUT2D eigenvalue weighted by atomic mass is 9.95. The van der Waals surface area contributed by atoms with Crippen molar-refractivity contribution in [2.75, 3.05) is 53.6 Å². The molecule has 0 spiro atoms. The lowest BCUT2D eigenvalue weighted by Gasteiger charge is -2.31. The smallest absolute Gasteiger partial charge is 0.295 e. The third kappa shape index (κ3) is 5.00. The zero-order chi connectivity index (χ0) is 27.5. The zero-order valence-electron chi connectivity index (χ0n) is 22.3. The van der Waals surface area contributed by atoms with Crippen LogP contribution in [0.5, 0.6) is 11.5 Å². The Kier molecular flexibility index (Phi) is 7.67. The van der Waals surface area contributed by atoms with Crippen LogP contribution in [0, 0.1) is 6.92 Å². The number of carbonyl (C=O) groups excluding carboxylic acids is 2. The molecule has 0 radical (unpaired) electrons. The number of likely N-dealkylation sites (tertiary alicyclic amines) is 1. The number of nitrogens with zero attached hydrogens (tertiary/aromatic N) is 4. The summed E-state index contributed by atoms with van der Waals surface area (Å²) in [5.41, 5.74) is 2.49. The van der Waals surface area contributed by atoms with Crippen molar-refractivity contribution in [1.29, 1.82) is 0 Å². The number of Topliss-reactive ketones (excluding diaryl/α,β-unsaturated/α-hetero) is 1. The second-order valence-electron chi connectivity index (χ2n) is 9.45. The molecular weight excluding hydrogens is 500 g/mol. The number of aromatic nitrogens is 2. The number of hydrogen-bond donors (Lipinski definition) is 1. The largest absolute Gasteiger partial charge is 0.507 e. The Morgan fingerprint density at radius 1 is 1.03 bits per heavy atom. The van der Waals surface area contributed by atoms with Crippen LogP contribution in [0.1, 0.15) is 22.9 Å². The maximum atomic E-state index is 13.5. The summed E-state index contributed by atoms with van der Waals surface area (Å²) in [6.45, 7) is 5.46. The molecule has 5 rings (SSSR count). The second kappa shape index (κ2) is 11.3. The molecule has 39 heavy (non-hydrogen) atoms. The molecule has 3 aromatic rings. The van der Waals surface area contributed by atoms with Crippen molar-refractivity contribution in [3.8, 4) is 17.2 Å². The summed E-state index contributed by atoms with van der Waals surface area (Å²) in [5.74, 6) is -0.672. The van der Waals surface area contributed by atoms with E-state index in [4.69, 9.17) is 14.2 Å². The Morgan fingerprint density at radius 2 is 1.74 bits per heavy atom. The van der Waals surface area contributed by atoms with Crippen LogP contribution in [0.15, 0.2) is 60.3 Å². The zero-order valence-corrected chi connectivity index (χ0v) is 22.3. The Labute approximate surface area is 227 Å². The molecular formula is C29H32N4O6. The first-order valence-electron chi connectivity index (χ1n) is 12.9. The second-order valence-corrected chi connectivity index (χ2v) is 9.45. The Hall–Kier alpha value is -4.15. The van der Waals surface area contributed by atoms with Crippen molar-refractivity contribution in [2.24, 2.45) is 0 Å². The van der Waals surface area contributed by atoms with Crippen molar-refractivity contribution in [3.05, 3.63) is 77.1 Å². The summed E-state index contributed by atoms with van der Waals surface area (Å²) in [5, 5.41) is 16.0. The molecule has 2 aliphatic rings. The summed E-state index contributed by atoms with van der Waals surface area (Å²) in [6, 6.07) is 13.9. The normalized spacial score (nSPS) is 19.5. The number of carbonyl (C=O) groups is 2. The quantitative estimate of drug-likeness (QED) is 0.268. The number of hydrogen-bond acceptors (Lipinski definition) is 8. The molecule has 10 heteroatoms. The topological polar surface area (TPSA) is 106 Å². The molecule has 1 aromatic heterocycles. The first kappa shape index (κ1) is 26.5. The number of rotatable bonds is 8. The van der Waals surface area contributed by atoms with Gasteiger partial charge in [0, 0.05) is 26.2 Å². The van der Waals surface area contributed by atoms with Gasteiger partial charge in [0.25, 0.3) is 11.7 Å². The summed E-state index contributed by atoms with van der Waals surface area (Å²) >= 11 is 0. The number of ether oxygens (including phenoxy) is 3. The van der Waals surface area contributed by atoms with E-state index < -0.39 is 17.7 Å². The maximum absolute atomic E-state index is 13.5. The van der Waals surface area contributed by atoms with Crippen molar-refractivity contribution < 1.29 is 28.9 Å². The molecule has 2 saturated heterocycles. The van der Waals surface area contributed by atoms with E-state index in [9.17, 15) is 14.7 Å². The number of aliphatic hydroxyl groups excluding tert-OH is 1. The average molecular weight is 533 g/mol. The number of para-hydroxylation sites is 1. The minimum absolute atomic E-state index is 0.0184. The molecule has 1 amide bonds. The van der Waals surface area contributed by atoms with Gasteiger partial charge in [0.2, 0.25) is 0 Å². The van der Waals surface area contributed by atoms with Gasteiger partial charge in [-0.05, 0) is 36.8 Å². The summed E-state index contributed by atoms with van der Waals surface area (Å²) in [6.07, 6.45) is 1.52. The first-order chi connectivity index (χ1) is 18.9. The fraction of sp³-hybridized carbons (Fsp3) is 0.345. The van der Waals surface area contributed by atoms with E-state index in [-0.39, 0.29) is 11.3 Å². The van der Waals surface area contributed by atoms with E-state index in [2.05, 4.69) is 10.00 Å². The Bertz CT molecular complexity index is 1390. The standard InChI is InChI=1S/C29H32N4O6/c1-19-22(18-30-33(19)21-7-5-4-6-8-21)27(34)25-26(20-9-10-23(37-2)24(17-20)38-3)32(29(36)28(25)35)12-11-31-13-15-39-16-14-31/h4-10,17-18,26,34H,11-16H2,1-3H3/t26-/m1/s1. The highest BCUT2D eigenvalue weighted by molar-refractivity contribution is 6.46. The average Bonchev–Trinajstić information content (AvgIpc) is 3.48. The van der Waals surface area contributed by atoms with Gasteiger partial charge in [-0.25, -0.2) is 4.68 Å². The third-order valence-electron chi connectivity index (χ3n) is 7.29. The van der Waals surface area contributed by atoms with Crippen LogP contribution < -0.4 is 9.47 Å². The highest BCUT2D eigenvalue weighted by atomic mass is 16.5. The summed E-state index contributed by atoms with van der Waals surface area (Å²) < 4.78 is 18.0. The number of ketones is 1. The van der Waals surface area contributed by atoms with Gasteiger partial charge in [-0.1, -0.05) is 24.3 Å². The molecule has 3 heterocycles. The first-order valence-corrected chi connectivity index (χ1v) is 12.9. The van der Waals surface area contributed by atoms with Crippen molar-refractivity contribution in [1.82, 2.24) is 19.6 Å². The van der Waals surface area contributed by atoms with Gasteiger partial charge in [-0.15, -0.1) is 0 Å². The molecule has 1 atom stereocenters. The molecule has 2 fully saturated rings. The summed E-state index contributed by atoms with van der Waals surface area (Å²) in [4.78, 5) is 30.6. The van der Waals surface area contributed by atoms with Gasteiger partial charge >= 0.3 is 0 Å². The number of amides is 1. The number of aliphatic hydroxyl groups is 1. The van der Waals surface area contributed by atoms with Crippen molar-refractivity contribution in [2.45, 2.75) is 13.0 Å². The van der Waals surface area contributed by atoms with Crippen LogP contribution in [0.2, 0.25) is 0 Å². The molecule has 0 aliphatic carbocycles. The van der Waals surface area contributed by atoms with Gasteiger partial charge in [0.15, 0.2) is 11.5 Å². The monoisotopic (exact) mass is 532 g/mol. The van der Waals surface area contributed by atoms with Gasteiger partial charge in [0.05, 0.1) is 62.2 Å². The summed E-state index contributed by atoms with van der Waals surface area (Å²) in [7, 11) is 3.07. The van der Waals surface area contributed by atoms with Crippen LogP contribution in [0.3, 0.4) is 0 Å². The van der Waals surface area contributed by atoms with Crippen molar-refractivity contribution in [3.63, 3.8) is 0 Å². The van der Waals surface area contributed by atoms with Crippen LogP contribution in [0.4, 0.5) is 0 Å². The van der Waals surface area contributed by atoms with E-state index in [1.54, 1.807) is 30.0 Å². The SMILES string of the molecule is COc1ccc([C@@H]2C(=C(O)c3cnn(-c4ccccc4)c3C)C(=O)C(=O)N2CCN2CCOCC2)cc1OC. The minimum Gasteiger partial charge on any atom is -0.507 e. The molecule has 2 aliphatic heterocycles. The van der Waals surface area contributed by atoms with Gasteiger partial charge in [0.1, 0.15) is 5.76 Å². The molecule has 0 unspecified atom stereocenters. The lowest BCUT2D eigenvalue weighted by molar-refractivity contribution is -0.140. The number of benzene rings is 2. The highest BCUT2D eigenvalue weighted by Crippen LogP contribution is 2.42. The Morgan fingerprint density at radius 3 is 2.44 bits per heavy atom. The molecule has 0 bridgehead atoms. The van der Waals surface area contributed by atoms with Crippen LogP contribution in [-0.2, 0) is 14.3 Å². The van der Waals surface area contributed by atoms with Gasteiger partial charge in [-0.3, -0.25) is 14.5 Å². The molecule has 2 aromatic carbocycles. The molecule has 1 N–H and O–H groups in total. The van der Waals surface area contributed by atoms with Gasteiger partial charge < -0.3 is 24.2 Å². The molecule has 0 saturated carbocycles. The number of methoxy groups -OCH3 is 2. The lowest BCUT2D eigenvalue weighted by Crippen LogP contribution is -2.42. The fourth-order valence-corrected chi connectivity index (χ4v) is 5.17. The van der Waals surface area contributed by atoms with E-state index in [1.165, 1.54) is 18.2 Å². The third-order valence-corrected chi connectivity index (χ3v) is 7.29. The van der Waals surface area contributed by atoms with Crippen LogP contribution in [-0.4, -0.2) is 90.0 Å². The van der Waals surface area contributed by atoms with E-state index >= 15 is 0 Å². The van der Waals surface area contributed by atoms with Crippen LogP contribution >= 0.6 is 0 Å². The van der Waals surface area contributed by atoms with E-state index in [0.29, 0.717) is 54.6 Å². The van der Waals surface area contributed by atoms with Gasteiger partial charge in [-0.2, -0.15) is 5.10 Å². The van der Waals surface area contributed by atoms with E-state index in [0.717, 1.165) is 18.8 Å². The predicted octanol–water partition coefficient (Wildman–Crippen LogP) is 2.95. The minimum atomic E-state index is -0.815. The highest BCUT2D eigenvalue weighted by Gasteiger charge is 2.46. The van der Waals surface area contributed by atoms with Crippen LogP contribution in [0.25, 0.3) is 11.4 Å². The van der Waals surface area contributed by atoms with E-state index in [1.807, 2.05) is 37.3 Å². The molecule has 204 valence electrons. The Balaban J connectivity index is 1.59. The predicted molar refractivity (Wildman–Crippen MR) is 144 cm³/mol. The number of morpholine rings is 1. The molecule has 10 nitrogen and oxygen atoms in total. The fourth-order valence-electron chi connectivity index (χ4n) is 5.17. The maximum Gasteiger partial charge on any atom is 0.295 e.